The number of halogens is 3. The van der Waals surface area contributed by atoms with Gasteiger partial charge in [-0.3, -0.25) is 4.79 Å². The standard InChI is InChI=1S/C21H17F3N4OS/c1-27-15-11-7-6-10-14(15)17(18(27)13-8-4-3-5-9-13)16(29)12-30-20-26-25-19(28(20)2)21(22,23)24/h3-11H,12H2,1-2H3. The van der Waals surface area contributed by atoms with Crippen LogP contribution in [0.4, 0.5) is 13.2 Å². The molecule has 0 aliphatic heterocycles. The Hall–Kier alpha value is -3.07. The van der Waals surface area contributed by atoms with Crippen LogP contribution in [-0.2, 0) is 20.3 Å². The van der Waals surface area contributed by atoms with E-state index in [1.165, 1.54) is 7.05 Å². The molecule has 0 bridgehead atoms. The van der Waals surface area contributed by atoms with Gasteiger partial charge in [-0.05, 0) is 11.6 Å². The average Bonchev–Trinajstić information content (AvgIpc) is 3.24. The summed E-state index contributed by atoms with van der Waals surface area (Å²) < 4.78 is 41.6. The predicted octanol–water partition coefficient (Wildman–Crippen LogP) is 4.97. The van der Waals surface area contributed by atoms with Gasteiger partial charge in [0.2, 0.25) is 5.82 Å². The number of Topliss-reactive ketones (excluding diaryl/α,β-unsaturated/α-hetero) is 1. The van der Waals surface area contributed by atoms with Gasteiger partial charge in [-0.15, -0.1) is 10.2 Å². The highest BCUT2D eigenvalue weighted by Gasteiger charge is 2.37. The van der Waals surface area contributed by atoms with E-state index in [4.69, 9.17) is 0 Å². The largest absolute Gasteiger partial charge is 0.451 e. The number of thioether (sulfide) groups is 1. The van der Waals surface area contributed by atoms with Crippen molar-refractivity contribution in [2.75, 3.05) is 5.75 Å². The third-order valence-corrected chi connectivity index (χ3v) is 5.87. The number of ketones is 1. The van der Waals surface area contributed by atoms with Gasteiger partial charge in [-0.1, -0.05) is 60.3 Å². The second-order valence-electron chi connectivity index (χ2n) is 6.74. The summed E-state index contributed by atoms with van der Waals surface area (Å²) in [6, 6.07) is 17.1. The highest BCUT2D eigenvalue weighted by atomic mass is 32.2. The number of fused-ring (bicyclic) bond motifs is 1. The van der Waals surface area contributed by atoms with Crippen molar-refractivity contribution in [1.82, 2.24) is 19.3 Å². The van der Waals surface area contributed by atoms with E-state index in [0.29, 0.717) is 5.56 Å². The Bertz CT molecular complexity index is 1230. The number of nitrogens with zero attached hydrogens (tertiary/aromatic N) is 4. The maximum absolute atomic E-state index is 13.2. The number of rotatable bonds is 5. The lowest BCUT2D eigenvalue weighted by atomic mass is 10.0. The molecular formula is C21H17F3N4OS. The van der Waals surface area contributed by atoms with Crippen LogP contribution >= 0.6 is 11.8 Å². The van der Waals surface area contributed by atoms with E-state index in [0.717, 1.165) is 38.5 Å². The first-order chi connectivity index (χ1) is 14.3. The Kier molecular flexibility index (Phi) is 5.15. The van der Waals surface area contributed by atoms with Crippen molar-refractivity contribution in [3.05, 3.63) is 66.0 Å². The van der Waals surface area contributed by atoms with Crippen LogP contribution in [0.15, 0.2) is 59.8 Å². The quantitative estimate of drug-likeness (QED) is 0.331. The molecule has 4 aromatic rings. The van der Waals surface area contributed by atoms with Gasteiger partial charge in [0.05, 0.1) is 17.0 Å². The number of aryl methyl sites for hydroxylation is 1. The number of aromatic nitrogens is 4. The van der Waals surface area contributed by atoms with Crippen LogP contribution in [0.2, 0.25) is 0 Å². The highest BCUT2D eigenvalue weighted by molar-refractivity contribution is 7.99. The van der Waals surface area contributed by atoms with E-state index < -0.39 is 12.0 Å². The van der Waals surface area contributed by atoms with Crippen LogP contribution in [0.1, 0.15) is 16.2 Å². The van der Waals surface area contributed by atoms with Gasteiger partial charge in [0.15, 0.2) is 10.9 Å². The topological polar surface area (TPSA) is 52.7 Å². The molecule has 0 saturated heterocycles. The molecule has 2 aromatic carbocycles. The summed E-state index contributed by atoms with van der Waals surface area (Å²) >= 11 is 0.939. The van der Waals surface area contributed by atoms with E-state index in [1.807, 2.05) is 66.2 Å². The molecule has 0 aliphatic rings. The zero-order valence-electron chi connectivity index (χ0n) is 16.1. The van der Waals surface area contributed by atoms with Gasteiger partial charge < -0.3 is 9.13 Å². The Morgan fingerprint density at radius 1 is 0.967 bits per heavy atom. The molecule has 0 spiro atoms. The van der Waals surface area contributed by atoms with Crippen LogP contribution in [0, 0.1) is 0 Å². The van der Waals surface area contributed by atoms with Gasteiger partial charge in [-0.25, -0.2) is 0 Å². The molecule has 5 nitrogen and oxygen atoms in total. The van der Waals surface area contributed by atoms with Gasteiger partial charge in [0.25, 0.3) is 0 Å². The molecule has 4 rings (SSSR count). The van der Waals surface area contributed by atoms with Crippen molar-refractivity contribution in [3.63, 3.8) is 0 Å². The molecule has 0 fully saturated rings. The third kappa shape index (κ3) is 3.49. The summed E-state index contributed by atoms with van der Waals surface area (Å²) in [5.41, 5.74) is 3.12. The number of hydrogen-bond acceptors (Lipinski definition) is 4. The van der Waals surface area contributed by atoms with Gasteiger partial charge >= 0.3 is 6.18 Å². The van der Waals surface area contributed by atoms with Crippen molar-refractivity contribution >= 4 is 28.4 Å². The molecule has 0 N–H and O–H groups in total. The second-order valence-corrected chi connectivity index (χ2v) is 7.68. The fourth-order valence-electron chi connectivity index (χ4n) is 3.50. The summed E-state index contributed by atoms with van der Waals surface area (Å²) in [4.78, 5) is 13.2. The summed E-state index contributed by atoms with van der Waals surface area (Å²) in [5, 5.41) is 7.65. The fourth-order valence-corrected chi connectivity index (χ4v) is 4.28. The Morgan fingerprint density at radius 2 is 1.63 bits per heavy atom. The van der Waals surface area contributed by atoms with Crippen molar-refractivity contribution in [1.29, 1.82) is 0 Å². The zero-order chi connectivity index (χ0) is 21.5. The summed E-state index contributed by atoms with van der Waals surface area (Å²) in [5.74, 6) is -1.34. The van der Waals surface area contributed by atoms with Gasteiger partial charge in [0.1, 0.15) is 0 Å². The van der Waals surface area contributed by atoms with E-state index in [9.17, 15) is 18.0 Å². The first-order valence-corrected chi connectivity index (χ1v) is 10.0. The van der Waals surface area contributed by atoms with Crippen LogP contribution in [0.5, 0.6) is 0 Å². The smallest absolute Gasteiger partial charge is 0.343 e. The van der Waals surface area contributed by atoms with E-state index in [1.54, 1.807) is 0 Å². The van der Waals surface area contributed by atoms with Crippen molar-refractivity contribution in [2.45, 2.75) is 11.3 Å². The third-order valence-electron chi connectivity index (χ3n) is 4.85. The number of carbonyl (C=O) groups excluding carboxylic acids is 1. The molecule has 9 heteroatoms. The first-order valence-electron chi connectivity index (χ1n) is 9.04. The van der Waals surface area contributed by atoms with Crippen molar-refractivity contribution < 1.29 is 18.0 Å². The molecular weight excluding hydrogens is 413 g/mol. The lowest BCUT2D eigenvalue weighted by Crippen LogP contribution is -2.13. The molecule has 154 valence electrons. The summed E-state index contributed by atoms with van der Waals surface area (Å²) in [6.45, 7) is 0. The monoisotopic (exact) mass is 430 g/mol. The lowest BCUT2D eigenvalue weighted by molar-refractivity contribution is -0.147. The minimum atomic E-state index is -4.60. The van der Waals surface area contributed by atoms with E-state index >= 15 is 0 Å². The van der Waals surface area contributed by atoms with Gasteiger partial charge in [0, 0.05) is 25.0 Å². The number of alkyl halides is 3. The maximum Gasteiger partial charge on any atom is 0.451 e. The zero-order valence-corrected chi connectivity index (χ0v) is 17.0. The summed E-state index contributed by atoms with van der Waals surface area (Å²) in [6.07, 6.45) is -4.60. The number of hydrogen-bond donors (Lipinski definition) is 0. The van der Waals surface area contributed by atoms with E-state index in [-0.39, 0.29) is 16.7 Å². The number of carbonyl (C=O) groups is 1. The minimum Gasteiger partial charge on any atom is -0.343 e. The molecule has 0 amide bonds. The Balaban J connectivity index is 1.71. The van der Waals surface area contributed by atoms with Crippen LogP contribution < -0.4 is 0 Å². The lowest BCUT2D eigenvalue weighted by Gasteiger charge is -2.08. The highest BCUT2D eigenvalue weighted by Crippen LogP contribution is 2.35. The molecule has 2 aromatic heterocycles. The summed E-state index contributed by atoms with van der Waals surface area (Å²) in [7, 11) is 3.13. The maximum atomic E-state index is 13.2. The Labute approximate surface area is 174 Å². The van der Waals surface area contributed by atoms with Crippen LogP contribution in [-0.4, -0.2) is 30.9 Å². The normalized spacial score (nSPS) is 11.9. The number of benzene rings is 2. The van der Waals surface area contributed by atoms with Crippen molar-refractivity contribution in [2.24, 2.45) is 14.1 Å². The molecule has 0 atom stereocenters. The minimum absolute atomic E-state index is 0.0390. The molecule has 0 aliphatic carbocycles. The molecule has 0 saturated carbocycles. The number of para-hydroxylation sites is 1. The van der Waals surface area contributed by atoms with Crippen LogP contribution in [0.3, 0.4) is 0 Å². The molecule has 2 heterocycles. The van der Waals surface area contributed by atoms with Gasteiger partial charge in [-0.2, -0.15) is 13.2 Å². The van der Waals surface area contributed by atoms with Crippen molar-refractivity contribution in [3.8, 4) is 11.3 Å². The SMILES string of the molecule is Cn1c(SCC(=O)c2c(-c3ccccc3)n(C)c3ccccc23)nnc1C(F)(F)F. The molecule has 30 heavy (non-hydrogen) atoms. The Morgan fingerprint density at radius 3 is 2.30 bits per heavy atom. The van der Waals surface area contributed by atoms with E-state index in [2.05, 4.69) is 10.2 Å². The first kappa shape index (κ1) is 20.2. The van der Waals surface area contributed by atoms with Crippen LogP contribution in [0.25, 0.3) is 22.2 Å². The fraction of sp³-hybridized carbons (Fsp3) is 0.190. The molecule has 0 unspecified atom stereocenters. The predicted molar refractivity (Wildman–Crippen MR) is 109 cm³/mol. The average molecular weight is 430 g/mol. The molecule has 0 radical (unpaired) electrons. The second kappa shape index (κ2) is 7.64.